The van der Waals surface area contributed by atoms with Gasteiger partial charge in [0.25, 0.3) is 5.56 Å². The number of H-pyrrole nitrogens is 1. The Morgan fingerprint density at radius 1 is 1.21 bits per heavy atom. The third kappa shape index (κ3) is 1.42. The molecule has 0 spiro atoms. The van der Waals surface area contributed by atoms with Crippen LogP contribution in [0.2, 0.25) is 0 Å². The van der Waals surface area contributed by atoms with Gasteiger partial charge in [-0.05, 0) is 18.6 Å². The van der Waals surface area contributed by atoms with Gasteiger partial charge in [0.2, 0.25) is 0 Å². The van der Waals surface area contributed by atoms with Gasteiger partial charge in [0.1, 0.15) is 0 Å². The summed E-state index contributed by atoms with van der Waals surface area (Å²) in [6.45, 7) is 1.93. The van der Waals surface area contributed by atoms with Crippen LogP contribution in [0.5, 0.6) is 0 Å². The first-order valence-electron chi connectivity index (χ1n) is 4.22. The molecule has 0 atom stereocenters. The summed E-state index contributed by atoms with van der Waals surface area (Å²) < 4.78 is 0. The lowest BCUT2D eigenvalue weighted by atomic mass is 10.1. The van der Waals surface area contributed by atoms with Crippen LogP contribution in [0.15, 0.2) is 35.8 Å². The van der Waals surface area contributed by atoms with Gasteiger partial charge in [0, 0.05) is 24.2 Å². The zero-order valence-corrected chi connectivity index (χ0v) is 7.69. The highest BCUT2D eigenvalue weighted by molar-refractivity contribution is 5.63. The van der Waals surface area contributed by atoms with Crippen LogP contribution >= 0.6 is 0 Å². The van der Waals surface area contributed by atoms with E-state index in [4.69, 9.17) is 0 Å². The number of nitrogens with one attached hydrogen (secondary N) is 1. The largest absolute Gasteiger partial charge is 0.313 e. The van der Waals surface area contributed by atoms with Crippen LogP contribution in [-0.2, 0) is 0 Å². The summed E-state index contributed by atoms with van der Waals surface area (Å²) in [6.07, 6.45) is 6.28. The molecule has 2 aromatic rings. The van der Waals surface area contributed by atoms with Crippen molar-refractivity contribution in [3.63, 3.8) is 0 Å². The fourth-order valence-corrected chi connectivity index (χ4v) is 1.28. The SMILES string of the molecule is Cc1ccncc1-c1cnc[nH]c1=O. The first kappa shape index (κ1) is 8.62. The maximum atomic E-state index is 11.4. The zero-order chi connectivity index (χ0) is 9.97. The topological polar surface area (TPSA) is 58.6 Å². The average Bonchev–Trinajstić information content (AvgIpc) is 2.20. The molecule has 0 saturated carbocycles. The number of aromatic nitrogens is 3. The summed E-state index contributed by atoms with van der Waals surface area (Å²) in [5, 5.41) is 0. The minimum absolute atomic E-state index is 0.142. The van der Waals surface area contributed by atoms with Crippen molar-refractivity contribution in [2.45, 2.75) is 6.92 Å². The van der Waals surface area contributed by atoms with Crippen molar-refractivity contribution in [2.24, 2.45) is 0 Å². The summed E-state index contributed by atoms with van der Waals surface area (Å²) in [6, 6.07) is 1.86. The lowest BCUT2D eigenvalue weighted by molar-refractivity contribution is 1.12. The second kappa shape index (κ2) is 3.41. The third-order valence-corrected chi connectivity index (χ3v) is 2.05. The van der Waals surface area contributed by atoms with Crippen molar-refractivity contribution in [1.82, 2.24) is 15.0 Å². The Morgan fingerprint density at radius 2 is 2.00 bits per heavy atom. The van der Waals surface area contributed by atoms with Gasteiger partial charge in [0.05, 0.1) is 11.9 Å². The monoisotopic (exact) mass is 187 g/mol. The minimum Gasteiger partial charge on any atom is -0.313 e. The number of hydrogen-bond acceptors (Lipinski definition) is 3. The van der Waals surface area contributed by atoms with Gasteiger partial charge in [-0.1, -0.05) is 0 Å². The predicted molar refractivity (Wildman–Crippen MR) is 52.8 cm³/mol. The van der Waals surface area contributed by atoms with E-state index in [9.17, 15) is 4.79 Å². The van der Waals surface area contributed by atoms with Crippen molar-refractivity contribution in [3.05, 3.63) is 46.9 Å². The van der Waals surface area contributed by atoms with E-state index in [0.29, 0.717) is 5.56 Å². The molecular weight excluding hydrogens is 178 g/mol. The summed E-state index contributed by atoms with van der Waals surface area (Å²) in [5.41, 5.74) is 2.24. The Kier molecular flexibility index (Phi) is 2.10. The van der Waals surface area contributed by atoms with Crippen LogP contribution < -0.4 is 5.56 Å². The molecular formula is C10H9N3O. The maximum Gasteiger partial charge on any atom is 0.258 e. The van der Waals surface area contributed by atoms with Gasteiger partial charge in [-0.3, -0.25) is 9.78 Å². The summed E-state index contributed by atoms with van der Waals surface area (Å²) in [4.78, 5) is 21.8. The van der Waals surface area contributed by atoms with Crippen molar-refractivity contribution in [3.8, 4) is 11.1 Å². The average molecular weight is 187 g/mol. The fourth-order valence-electron chi connectivity index (χ4n) is 1.28. The van der Waals surface area contributed by atoms with Crippen molar-refractivity contribution in [1.29, 1.82) is 0 Å². The molecule has 70 valence electrons. The Balaban J connectivity index is 2.67. The highest BCUT2D eigenvalue weighted by Gasteiger charge is 2.05. The molecule has 0 aliphatic heterocycles. The zero-order valence-electron chi connectivity index (χ0n) is 7.69. The summed E-state index contributed by atoms with van der Waals surface area (Å²) in [7, 11) is 0. The normalized spacial score (nSPS) is 10.1. The Morgan fingerprint density at radius 3 is 2.71 bits per heavy atom. The predicted octanol–water partition coefficient (Wildman–Crippen LogP) is 1.14. The number of hydrogen-bond donors (Lipinski definition) is 1. The van der Waals surface area contributed by atoms with Crippen molar-refractivity contribution < 1.29 is 0 Å². The molecule has 0 bridgehead atoms. The van der Waals surface area contributed by atoms with Gasteiger partial charge < -0.3 is 4.98 Å². The first-order chi connectivity index (χ1) is 6.79. The van der Waals surface area contributed by atoms with Gasteiger partial charge in [-0.15, -0.1) is 0 Å². The standard InChI is InChI=1S/C10H9N3O/c1-7-2-3-11-4-8(7)9-5-12-6-13-10(9)14/h2-6H,1H3,(H,12,13,14). The molecule has 0 radical (unpaired) electrons. The van der Waals surface area contributed by atoms with E-state index in [0.717, 1.165) is 11.1 Å². The molecule has 2 aromatic heterocycles. The van der Waals surface area contributed by atoms with Crippen LogP contribution in [-0.4, -0.2) is 15.0 Å². The number of pyridine rings is 1. The fraction of sp³-hybridized carbons (Fsp3) is 0.100. The maximum absolute atomic E-state index is 11.4. The first-order valence-corrected chi connectivity index (χ1v) is 4.22. The third-order valence-electron chi connectivity index (χ3n) is 2.05. The Hall–Kier alpha value is -1.97. The Labute approximate surface area is 80.7 Å². The molecule has 0 aliphatic carbocycles. The van der Waals surface area contributed by atoms with Gasteiger partial charge >= 0.3 is 0 Å². The van der Waals surface area contributed by atoms with Gasteiger partial charge in [-0.25, -0.2) is 4.98 Å². The van der Waals surface area contributed by atoms with Crippen LogP contribution in [0.1, 0.15) is 5.56 Å². The second-order valence-electron chi connectivity index (χ2n) is 2.99. The van der Waals surface area contributed by atoms with Crippen LogP contribution in [0.3, 0.4) is 0 Å². The van der Waals surface area contributed by atoms with Gasteiger partial charge in [0.15, 0.2) is 0 Å². The van der Waals surface area contributed by atoms with Crippen LogP contribution in [0.4, 0.5) is 0 Å². The summed E-state index contributed by atoms with van der Waals surface area (Å²) >= 11 is 0. The molecule has 0 fully saturated rings. The molecule has 0 aliphatic rings. The molecule has 0 saturated heterocycles. The quantitative estimate of drug-likeness (QED) is 0.728. The molecule has 14 heavy (non-hydrogen) atoms. The van der Waals surface area contributed by atoms with Crippen LogP contribution in [0.25, 0.3) is 11.1 Å². The molecule has 0 unspecified atom stereocenters. The van der Waals surface area contributed by atoms with E-state index in [1.165, 1.54) is 6.33 Å². The smallest absolute Gasteiger partial charge is 0.258 e. The van der Waals surface area contributed by atoms with E-state index < -0.39 is 0 Å². The molecule has 4 heteroatoms. The minimum atomic E-state index is -0.142. The lowest BCUT2D eigenvalue weighted by Crippen LogP contribution is -2.09. The molecule has 2 rings (SSSR count). The van der Waals surface area contributed by atoms with E-state index in [1.807, 2.05) is 13.0 Å². The molecule has 4 nitrogen and oxygen atoms in total. The molecule has 1 N–H and O–H groups in total. The number of rotatable bonds is 1. The molecule has 2 heterocycles. The van der Waals surface area contributed by atoms with E-state index in [-0.39, 0.29) is 5.56 Å². The van der Waals surface area contributed by atoms with E-state index >= 15 is 0 Å². The Bertz CT molecular complexity index is 504. The van der Waals surface area contributed by atoms with Crippen molar-refractivity contribution in [2.75, 3.05) is 0 Å². The van der Waals surface area contributed by atoms with Crippen LogP contribution in [0, 0.1) is 6.92 Å². The number of aryl methyl sites for hydroxylation is 1. The molecule has 0 amide bonds. The lowest BCUT2D eigenvalue weighted by Gasteiger charge is -2.01. The number of nitrogens with zero attached hydrogens (tertiary/aromatic N) is 2. The van der Waals surface area contributed by atoms with Crippen molar-refractivity contribution >= 4 is 0 Å². The van der Waals surface area contributed by atoms with Gasteiger partial charge in [-0.2, -0.15) is 0 Å². The van der Waals surface area contributed by atoms with E-state index in [2.05, 4.69) is 15.0 Å². The highest BCUT2D eigenvalue weighted by atomic mass is 16.1. The van der Waals surface area contributed by atoms with E-state index in [1.54, 1.807) is 18.6 Å². The number of aromatic amines is 1. The highest BCUT2D eigenvalue weighted by Crippen LogP contribution is 2.16. The second-order valence-corrected chi connectivity index (χ2v) is 2.99. The summed E-state index contributed by atoms with van der Waals surface area (Å²) in [5.74, 6) is 0. The molecule has 0 aromatic carbocycles.